The van der Waals surface area contributed by atoms with E-state index in [0.29, 0.717) is 0 Å². The van der Waals surface area contributed by atoms with Crippen LogP contribution in [0.2, 0.25) is 0 Å². The summed E-state index contributed by atoms with van der Waals surface area (Å²) in [5.41, 5.74) is 3.54. The van der Waals surface area contributed by atoms with Crippen molar-refractivity contribution in [2.45, 2.75) is 32.6 Å². The lowest BCUT2D eigenvalue weighted by molar-refractivity contribution is 0.507. The fourth-order valence-corrected chi connectivity index (χ4v) is 3.02. The Hall–Kier alpha value is -0.520. The van der Waals surface area contributed by atoms with Gasteiger partial charge in [-0.25, -0.2) is 0 Å². The molecule has 0 radical (unpaired) electrons. The maximum atomic E-state index is 2.45. The second kappa shape index (κ2) is 2.25. The number of hydrogen-bond acceptors (Lipinski definition) is 0. The number of rotatable bonds is 0. The highest BCUT2D eigenvalue weighted by Gasteiger charge is 2.43. The third-order valence-electron chi connectivity index (χ3n) is 3.77. The average Bonchev–Trinajstić information content (AvgIpc) is 2.82. The molecule has 1 unspecified atom stereocenters. The molecule has 0 N–H and O–H groups in total. The fourth-order valence-electron chi connectivity index (χ4n) is 3.02. The molecule has 0 nitrogen and oxygen atoms in total. The maximum Gasteiger partial charge on any atom is -0.0126 e. The molecule has 0 heterocycles. The van der Waals surface area contributed by atoms with Crippen LogP contribution in [-0.2, 0) is 0 Å². The first kappa shape index (κ1) is 6.94. The molecule has 1 fully saturated rings. The van der Waals surface area contributed by atoms with Crippen LogP contribution < -0.4 is 0 Å². The minimum atomic E-state index is 0.897. The SMILES string of the molecule is C[C@@H]1CCCC2=C1C1C[C@@H]1C=C2. The van der Waals surface area contributed by atoms with Crippen molar-refractivity contribution in [2.24, 2.45) is 17.8 Å². The molecule has 12 heavy (non-hydrogen) atoms. The summed E-state index contributed by atoms with van der Waals surface area (Å²) in [4.78, 5) is 0. The molecule has 0 saturated heterocycles. The van der Waals surface area contributed by atoms with E-state index >= 15 is 0 Å². The Morgan fingerprint density at radius 1 is 1.42 bits per heavy atom. The molecule has 0 aliphatic heterocycles. The van der Waals surface area contributed by atoms with Gasteiger partial charge in [0.25, 0.3) is 0 Å². The van der Waals surface area contributed by atoms with E-state index in [2.05, 4.69) is 19.1 Å². The molecule has 3 aliphatic carbocycles. The molecule has 0 spiro atoms. The van der Waals surface area contributed by atoms with Crippen molar-refractivity contribution < 1.29 is 0 Å². The van der Waals surface area contributed by atoms with Crippen LogP contribution in [0.3, 0.4) is 0 Å². The molecule has 3 atom stereocenters. The van der Waals surface area contributed by atoms with Crippen LogP contribution in [0.1, 0.15) is 32.6 Å². The average molecular weight is 160 g/mol. The zero-order valence-corrected chi connectivity index (χ0v) is 7.72. The Bertz CT molecular complexity index is 270. The van der Waals surface area contributed by atoms with Gasteiger partial charge in [0.05, 0.1) is 0 Å². The molecular weight excluding hydrogens is 144 g/mol. The first-order valence-electron chi connectivity index (χ1n) is 5.27. The van der Waals surface area contributed by atoms with E-state index in [-0.39, 0.29) is 0 Å². The van der Waals surface area contributed by atoms with Crippen LogP contribution in [0.15, 0.2) is 23.3 Å². The van der Waals surface area contributed by atoms with Crippen molar-refractivity contribution in [2.75, 3.05) is 0 Å². The quantitative estimate of drug-likeness (QED) is 0.510. The summed E-state index contributed by atoms with van der Waals surface area (Å²) in [7, 11) is 0. The summed E-state index contributed by atoms with van der Waals surface area (Å²) in [6.45, 7) is 2.42. The van der Waals surface area contributed by atoms with E-state index in [4.69, 9.17) is 0 Å². The minimum absolute atomic E-state index is 0.897. The summed E-state index contributed by atoms with van der Waals surface area (Å²) in [5, 5.41) is 0. The largest absolute Gasteiger partial charge is 0.0805 e. The van der Waals surface area contributed by atoms with Gasteiger partial charge in [-0.05, 0) is 49.0 Å². The Balaban J connectivity index is 2.03. The van der Waals surface area contributed by atoms with E-state index in [9.17, 15) is 0 Å². The smallest absolute Gasteiger partial charge is 0.0126 e. The Kier molecular flexibility index (Phi) is 1.30. The zero-order chi connectivity index (χ0) is 8.13. The van der Waals surface area contributed by atoms with Crippen molar-refractivity contribution in [3.63, 3.8) is 0 Å². The molecule has 0 bridgehead atoms. The molecule has 0 amide bonds. The van der Waals surface area contributed by atoms with Gasteiger partial charge in [-0.1, -0.05) is 24.6 Å². The molecule has 0 aromatic carbocycles. The van der Waals surface area contributed by atoms with Crippen molar-refractivity contribution in [1.82, 2.24) is 0 Å². The van der Waals surface area contributed by atoms with Crippen LogP contribution in [0.5, 0.6) is 0 Å². The molecule has 3 rings (SSSR count). The van der Waals surface area contributed by atoms with E-state index in [0.717, 1.165) is 17.8 Å². The summed E-state index contributed by atoms with van der Waals surface area (Å²) in [6.07, 6.45) is 10.5. The van der Waals surface area contributed by atoms with Gasteiger partial charge >= 0.3 is 0 Å². The summed E-state index contributed by atoms with van der Waals surface area (Å²) >= 11 is 0. The predicted molar refractivity (Wildman–Crippen MR) is 50.8 cm³/mol. The zero-order valence-electron chi connectivity index (χ0n) is 7.72. The molecular formula is C12H16. The van der Waals surface area contributed by atoms with E-state index in [1.807, 2.05) is 5.57 Å². The van der Waals surface area contributed by atoms with Crippen LogP contribution >= 0.6 is 0 Å². The first-order valence-corrected chi connectivity index (χ1v) is 5.27. The van der Waals surface area contributed by atoms with E-state index < -0.39 is 0 Å². The van der Waals surface area contributed by atoms with Crippen LogP contribution in [0.25, 0.3) is 0 Å². The molecule has 0 aromatic rings. The summed E-state index contributed by atoms with van der Waals surface area (Å²) in [5.74, 6) is 2.83. The molecule has 0 heteroatoms. The van der Waals surface area contributed by atoms with Crippen molar-refractivity contribution >= 4 is 0 Å². The monoisotopic (exact) mass is 160 g/mol. The molecule has 0 aromatic heterocycles. The number of allylic oxidation sites excluding steroid dienone is 4. The molecule has 1 saturated carbocycles. The standard InChI is InChI=1S/C12H16/c1-8-3-2-4-9-5-6-10-7-11(10)12(8)9/h5-6,8,10-11H,2-4,7H2,1H3/t8-,10+,11?/m1/s1. The highest BCUT2D eigenvalue weighted by atomic mass is 14.5. The number of hydrogen-bond donors (Lipinski definition) is 0. The van der Waals surface area contributed by atoms with E-state index in [1.54, 1.807) is 5.57 Å². The number of fused-ring (bicyclic) bond motifs is 2. The first-order chi connectivity index (χ1) is 5.86. The van der Waals surface area contributed by atoms with Gasteiger partial charge in [-0.15, -0.1) is 0 Å². The fraction of sp³-hybridized carbons (Fsp3) is 0.667. The van der Waals surface area contributed by atoms with Gasteiger partial charge in [-0.3, -0.25) is 0 Å². The summed E-state index contributed by atoms with van der Waals surface area (Å²) < 4.78 is 0. The van der Waals surface area contributed by atoms with Crippen molar-refractivity contribution in [3.05, 3.63) is 23.3 Å². The molecule has 3 aliphatic rings. The highest BCUT2D eigenvalue weighted by molar-refractivity contribution is 5.40. The summed E-state index contributed by atoms with van der Waals surface area (Å²) in [6, 6.07) is 0. The normalized spacial score (nSPS) is 43.9. The van der Waals surface area contributed by atoms with Crippen LogP contribution in [0.4, 0.5) is 0 Å². The highest BCUT2D eigenvalue weighted by Crippen LogP contribution is 2.54. The Morgan fingerprint density at radius 3 is 3.25 bits per heavy atom. The molecule has 64 valence electrons. The maximum absolute atomic E-state index is 2.45. The van der Waals surface area contributed by atoms with Crippen molar-refractivity contribution in [1.29, 1.82) is 0 Å². The van der Waals surface area contributed by atoms with Gasteiger partial charge < -0.3 is 0 Å². The van der Waals surface area contributed by atoms with Crippen LogP contribution in [-0.4, -0.2) is 0 Å². The van der Waals surface area contributed by atoms with E-state index in [1.165, 1.54) is 25.7 Å². The minimum Gasteiger partial charge on any atom is -0.0805 e. The second-order valence-corrected chi connectivity index (χ2v) is 4.64. The van der Waals surface area contributed by atoms with Gasteiger partial charge in [0.15, 0.2) is 0 Å². The van der Waals surface area contributed by atoms with Crippen LogP contribution in [0, 0.1) is 17.8 Å². The lowest BCUT2D eigenvalue weighted by Gasteiger charge is -2.26. The lowest BCUT2D eigenvalue weighted by atomic mass is 9.79. The predicted octanol–water partition coefficient (Wildman–Crippen LogP) is 3.31. The van der Waals surface area contributed by atoms with Gasteiger partial charge in [0.2, 0.25) is 0 Å². The third kappa shape index (κ3) is 0.840. The topological polar surface area (TPSA) is 0 Å². The third-order valence-corrected chi connectivity index (χ3v) is 3.77. The van der Waals surface area contributed by atoms with Gasteiger partial charge in [0, 0.05) is 0 Å². The lowest BCUT2D eigenvalue weighted by Crippen LogP contribution is -2.12. The Morgan fingerprint density at radius 2 is 2.33 bits per heavy atom. The second-order valence-electron chi connectivity index (χ2n) is 4.64. The Labute approximate surface area is 74.4 Å². The van der Waals surface area contributed by atoms with Gasteiger partial charge in [-0.2, -0.15) is 0 Å². The van der Waals surface area contributed by atoms with Gasteiger partial charge in [0.1, 0.15) is 0 Å². The van der Waals surface area contributed by atoms with Crippen molar-refractivity contribution in [3.8, 4) is 0 Å².